The molecular formula is C11H17ClN2S. The molecule has 1 aliphatic rings. The quantitative estimate of drug-likeness (QED) is 0.885. The van der Waals surface area contributed by atoms with E-state index in [1.807, 2.05) is 24.0 Å². The van der Waals surface area contributed by atoms with Gasteiger partial charge in [0.1, 0.15) is 0 Å². The van der Waals surface area contributed by atoms with Gasteiger partial charge >= 0.3 is 0 Å². The maximum absolute atomic E-state index is 4.33. The van der Waals surface area contributed by atoms with E-state index in [1.54, 1.807) is 0 Å². The number of hydrogen-bond donors (Lipinski definition) is 1. The Bertz CT molecular complexity index is 263. The van der Waals surface area contributed by atoms with Gasteiger partial charge in [0.25, 0.3) is 0 Å². The smallest absolute Gasteiger partial charge is 0.0502 e. The van der Waals surface area contributed by atoms with Gasteiger partial charge in [0.2, 0.25) is 0 Å². The van der Waals surface area contributed by atoms with Crippen LogP contribution in [0.5, 0.6) is 0 Å². The normalized spacial score (nSPS) is 17.1. The fourth-order valence-electron chi connectivity index (χ4n) is 1.65. The Labute approximate surface area is 102 Å². The highest BCUT2D eigenvalue weighted by Gasteiger charge is 2.12. The fourth-order valence-corrected chi connectivity index (χ4v) is 2.80. The van der Waals surface area contributed by atoms with Crippen LogP contribution in [-0.2, 0) is 5.75 Å². The molecule has 1 aliphatic heterocycles. The van der Waals surface area contributed by atoms with E-state index in [0.29, 0.717) is 0 Å². The summed E-state index contributed by atoms with van der Waals surface area (Å²) in [5.74, 6) is 1.06. The van der Waals surface area contributed by atoms with Crippen molar-refractivity contribution >= 4 is 24.2 Å². The van der Waals surface area contributed by atoms with Crippen LogP contribution in [0.2, 0.25) is 0 Å². The molecule has 0 radical (unpaired) electrons. The second-order valence-corrected chi connectivity index (χ2v) is 4.87. The van der Waals surface area contributed by atoms with Crippen molar-refractivity contribution in [3.63, 3.8) is 0 Å². The Hall–Kier alpha value is -0.250. The summed E-state index contributed by atoms with van der Waals surface area (Å²) in [6, 6.07) is 6.14. The van der Waals surface area contributed by atoms with Gasteiger partial charge in [0.15, 0.2) is 0 Å². The van der Waals surface area contributed by atoms with E-state index in [2.05, 4.69) is 22.4 Å². The molecule has 4 heteroatoms. The van der Waals surface area contributed by atoms with Crippen molar-refractivity contribution < 1.29 is 0 Å². The maximum Gasteiger partial charge on any atom is 0.0502 e. The molecular weight excluding hydrogens is 228 g/mol. The number of nitrogens with zero attached hydrogens (tertiary/aromatic N) is 1. The minimum Gasteiger partial charge on any atom is -0.317 e. The summed E-state index contributed by atoms with van der Waals surface area (Å²) in [6.07, 6.45) is 4.48. The standard InChI is InChI=1S/C11H16N2S.ClH/c1-2-6-13-10(3-1)9-14-11-4-7-12-8-5-11;/h1-3,6,11-12H,4-5,7-9H2;1H. The number of aromatic nitrogens is 1. The molecule has 2 heterocycles. The van der Waals surface area contributed by atoms with Gasteiger partial charge in [-0.15, -0.1) is 12.4 Å². The monoisotopic (exact) mass is 244 g/mol. The van der Waals surface area contributed by atoms with Gasteiger partial charge in [-0.3, -0.25) is 4.98 Å². The van der Waals surface area contributed by atoms with E-state index in [-0.39, 0.29) is 12.4 Å². The molecule has 84 valence electrons. The number of hydrogen-bond acceptors (Lipinski definition) is 3. The maximum atomic E-state index is 4.33. The molecule has 0 bridgehead atoms. The third kappa shape index (κ3) is 4.41. The Kier molecular flexibility index (Phi) is 6.06. The van der Waals surface area contributed by atoms with E-state index in [1.165, 1.54) is 31.6 Å². The van der Waals surface area contributed by atoms with Crippen LogP contribution < -0.4 is 5.32 Å². The van der Waals surface area contributed by atoms with Crippen LogP contribution in [0.1, 0.15) is 18.5 Å². The van der Waals surface area contributed by atoms with E-state index in [9.17, 15) is 0 Å². The van der Waals surface area contributed by atoms with Gasteiger partial charge in [-0.05, 0) is 38.1 Å². The molecule has 0 amide bonds. The predicted molar refractivity (Wildman–Crippen MR) is 68.7 cm³/mol. The van der Waals surface area contributed by atoms with Gasteiger partial charge in [0, 0.05) is 17.2 Å². The molecule has 1 N–H and O–H groups in total. The molecule has 15 heavy (non-hydrogen) atoms. The zero-order valence-electron chi connectivity index (χ0n) is 8.69. The molecule has 2 rings (SSSR count). The van der Waals surface area contributed by atoms with Crippen molar-refractivity contribution in [2.24, 2.45) is 0 Å². The van der Waals surface area contributed by atoms with Gasteiger partial charge in [-0.25, -0.2) is 0 Å². The van der Waals surface area contributed by atoms with Crippen molar-refractivity contribution in [2.45, 2.75) is 23.8 Å². The van der Waals surface area contributed by atoms with Crippen molar-refractivity contribution in [3.8, 4) is 0 Å². The van der Waals surface area contributed by atoms with Gasteiger partial charge in [-0.1, -0.05) is 6.07 Å². The van der Waals surface area contributed by atoms with E-state index in [0.717, 1.165) is 11.0 Å². The molecule has 0 aromatic carbocycles. The SMILES string of the molecule is Cl.c1ccc(CSC2CCNCC2)nc1. The topological polar surface area (TPSA) is 24.9 Å². The molecule has 1 fully saturated rings. The zero-order chi connectivity index (χ0) is 9.64. The minimum atomic E-state index is 0. The third-order valence-corrected chi connectivity index (χ3v) is 3.88. The third-order valence-electron chi connectivity index (χ3n) is 2.48. The summed E-state index contributed by atoms with van der Waals surface area (Å²) < 4.78 is 0. The first-order valence-corrected chi connectivity index (χ1v) is 6.22. The van der Waals surface area contributed by atoms with Crippen LogP contribution in [0.3, 0.4) is 0 Å². The summed E-state index contributed by atoms with van der Waals surface area (Å²) in [4.78, 5) is 4.33. The van der Waals surface area contributed by atoms with Gasteiger partial charge in [0.05, 0.1) is 5.69 Å². The molecule has 0 unspecified atom stereocenters. The lowest BCUT2D eigenvalue weighted by molar-refractivity contribution is 0.531. The largest absolute Gasteiger partial charge is 0.317 e. The van der Waals surface area contributed by atoms with E-state index < -0.39 is 0 Å². The molecule has 1 aromatic rings. The Balaban J connectivity index is 0.00000112. The summed E-state index contributed by atoms with van der Waals surface area (Å²) in [7, 11) is 0. The molecule has 1 saturated heterocycles. The average Bonchev–Trinajstić information content (AvgIpc) is 2.29. The van der Waals surface area contributed by atoms with E-state index in [4.69, 9.17) is 0 Å². The number of thioether (sulfide) groups is 1. The zero-order valence-corrected chi connectivity index (χ0v) is 10.3. The van der Waals surface area contributed by atoms with Crippen LogP contribution in [0.4, 0.5) is 0 Å². The predicted octanol–water partition coefficient (Wildman–Crippen LogP) is 2.49. The molecule has 0 spiro atoms. The first-order chi connectivity index (χ1) is 6.95. The summed E-state index contributed by atoms with van der Waals surface area (Å²) in [6.45, 7) is 2.36. The number of halogens is 1. The van der Waals surface area contributed by atoms with E-state index >= 15 is 0 Å². The van der Waals surface area contributed by atoms with Gasteiger partial charge in [-0.2, -0.15) is 11.8 Å². The Morgan fingerprint density at radius 3 is 2.80 bits per heavy atom. The van der Waals surface area contributed by atoms with Crippen LogP contribution in [0.25, 0.3) is 0 Å². The van der Waals surface area contributed by atoms with Crippen molar-refractivity contribution in [1.29, 1.82) is 0 Å². The highest BCUT2D eigenvalue weighted by Crippen LogP contribution is 2.23. The number of piperidine rings is 1. The Morgan fingerprint density at radius 1 is 1.33 bits per heavy atom. The molecule has 2 nitrogen and oxygen atoms in total. The fraction of sp³-hybridized carbons (Fsp3) is 0.545. The molecule has 1 aromatic heterocycles. The molecule has 0 atom stereocenters. The Morgan fingerprint density at radius 2 is 2.13 bits per heavy atom. The first-order valence-electron chi connectivity index (χ1n) is 5.17. The van der Waals surface area contributed by atoms with Crippen LogP contribution in [0, 0.1) is 0 Å². The molecule has 0 aliphatic carbocycles. The van der Waals surface area contributed by atoms with Crippen LogP contribution >= 0.6 is 24.2 Å². The lowest BCUT2D eigenvalue weighted by Gasteiger charge is -2.21. The minimum absolute atomic E-state index is 0. The van der Waals surface area contributed by atoms with Crippen LogP contribution in [0.15, 0.2) is 24.4 Å². The summed E-state index contributed by atoms with van der Waals surface area (Å²) in [5, 5.41) is 4.22. The number of nitrogens with one attached hydrogen (secondary N) is 1. The lowest BCUT2D eigenvalue weighted by atomic mass is 10.2. The van der Waals surface area contributed by atoms with Crippen molar-refractivity contribution in [1.82, 2.24) is 10.3 Å². The second-order valence-electron chi connectivity index (χ2n) is 3.58. The average molecular weight is 245 g/mol. The highest BCUT2D eigenvalue weighted by molar-refractivity contribution is 7.99. The molecule has 0 saturated carbocycles. The number of rotatable bonds is 3. The summed E-state index contributed by atoms with van der Waals surface area (Å²) in [5.41, 5.74) is 1.20. The lowest BCUT2D eigenvalue weighted by Crippen LogP contribution is -2.29. The van der Waals surface area contributed by atoms with Crippen LogP contribution in [-0.4, -0.2) is 23.3 Å². The first kappa shape index (κ1) is 12.8. The van der Waals surface area contributed by atoms with Gasteiger partial charge < -0.3 is 5.32 Å². The summed E-state index contributed by atoms with van der Waals surface area (Å²) >= 11 is 2.05. The second kappa shape index (κ2) is 7.09. The highest BCUT2D eigenvalue weighted by atomic mass is 35.5. The van der Waals surface area contributed by atoms with Crippen molar-refractivity contribution in [3.05, 3.63) is 30.1 Å². The number of pyridine rings is 1. The van der Waals surface area contributed by atoms with Crippen molar-refractivity contribution in [2.75, 3.05) is 13.1 Å².